The molecule has 0 bridgehead atoms. The van der Waals surface area contributed by atoms with Crippen LogP contribution in [-0.4, -0.2) is 27.9 Å². The lowest BCUT2D eigenvalue weighted by molar-refractivity contribution is 0.0697. The predicted molar refractivity (Wildman–Crippen MR) is 123 cm³/mol. The van der Waals surface area contributed by atoms with Gasteiger partial charge in [-0.15, -0.1) is 0 Å². The van der Waals surface area contributed by atoms with Crippen molar-refractivity contribution in [2.24, 2.45) is 5.73 Å². The van der Waals surface area contributed by atoms with Gasteiger partial charge in [0.2, 0.25) is 0 Å². The molecule has 0 aliphatic rings. The number of rotatable bonds is 5. The molecule has 7 nitrogen and oxygen atoms in total. The molecule has 0 saturated carbocycles. The van der Waals surface area contributed by atoms with Gasteiger partial charge in [0.1, 0.15) is 11.6 Å². The summed E-state index contributed by atoms with van der Waals surface area (Å²) in [4.78, 5) is 25.1. The topological polar surface area (TPSA) is 136 Å². The van der Waals surface area contributed by atoms with Gasteiger partial charge in [0.15, 0.2) is 0 Å². The maximum Gasteiger partial charge on any atom is 0.336 e. The van der Waals surface area contributed by atoms with Crippen LogP contribution in [0, 0.1) is 5.41 Å². The molecule has 0 aliphatic heterocycles. The number of fused-ring (bicyclic) bond motifs is 1. The van der Waals surface area contributed by atoms with E-state index in [1.807, 2.05) is 0 Å². The minimum absolute atomic E-state index is 0.0171. The molecule has 0 unspecified atom stereocenters. The van der Waals surface area contributed by atoms with Gasteiger partial charge in [-0.3, -0.25) is 10.2 Å². The number of hydrogen-bond donors (Lipinski definition) is 5. The van der Waals surface area contributed by atoms with Gasteiger partial charge >= 0.3 is 5.97 Å². The second kappa shape index (κ2) is 8.23. The van der Waals surface area contributed by atoms with Gasteiger partial charge in [0.05, 0.1) is 5.56 Å². The van der Waals surface area contributed by atoms with Crippen molar-refractivity contribution in [1.29, 1.82) is 5.41 Å². The van der Waals surface area contributed by atoms with E-state index in [-0.39, 0.29) is 17.1 Å². The van der Waals surface area contributed by atoms with Crippen molar-refractivity contribution in [3.05, 3.63) is 95.6 Å². The maximum absolute atomic E-state index is 13.1. The molecule has 6 N–H and O–H groups in total. The molecule has 32 heavy (non-hydrogen) atoms. The van der Waals surface area contributed by atoms with Crippen LogP contribution in [0.15, 0.2) is 78.9 Å². The van der Waals surface area contributed by atoms with E-state index in [1.54, 1.807) is 66.7 Å². The summed E-state index contributed by atoms with van der Waals surface area (Å²) in [6, 6.07) is 21.3. The first-order valence-electron chi connectivity index (χ1n) is 9.69. The maximum atomic E-state index is 13.1. The lowest BCUT2D eigenvalue weighted by atomic mass is 9.92. The van der Waals surface area contributed by atoms with Crippen LogP contribution >= 0.6 is 0 Å². The first-order chi connectivity index (χ1) is 15.3. The smallest absolute Gasteiger partial charge is 0.336 e. The molecule has 4 aromatic carbocycles. The zero-order chi connectivity index (χ0) is 22.8. The van der Waals surface area contributed by atoms with E-state index in [4.69, 9.17) is 11.1 Å². The number of nitrogen functional groups attached to an aromatic ring is 1. The number of amides is 1. The van der Waals surface area contributed by atoms with E-state index in [2.05, 4.69) is 5.32 Å². The molecule has 4 aromatic rings. The highest BCUT2D eigenvalue weighted by Crippen LogP contribution is 2.34. The van der Waals surface area contributed by atoms with E-state index in [9.17, 15) is 19.8 Å². The van der Waals surface area contributed by atoms with Gasteiger partial charge in [0.25, 0.3) is 5.91 Å². The Labute approximate surface area is 183 Å². The number of phenolic OH excluding ortho intramolecular Hbond substituents is 1. The van der Waals surface area contributed by atoms with Crippen molar-refractivity contribution in [3.63, 3.8) is 0 Å². The van der Waals surface area contributed by atoms with Crippen LogP contribution in [0.3, 0.4) is 0 Å². The SMILES string of the molecule is N=C(N)c1ccc(NC(=O)c2ccccc2-c2cc3cccc(O)c3cc2C(=O)O)cc1. The molecule has 158 valence electrons. The highest BCUT2D eigenvalue weighted by Gasteiger charge is 2.20. The number of amidine groups is 1. The molecule has 0 atom stereocenters. The molecule has 4 rings (SSSR count). The highest BCUT2D eigenvalue weighted by atomic mass is 16.4. The van der Waals surface area contributed by atoms with Crippen LogP contribution in [0.25, 0.3) is 21.9 Å². The van der Waals surface area contributed by atoms with Crippen molar-refractivity contribution in [3.8, 4) is 16.9 Å². The number of carboxylic acids is 1. The summed E-state index contributed by atoms with van der Waals surface area (Å²) >= 11 is 0. The van der Waals surface area contributed by atoms with Gasteiger partial charge in [-0.25, -0.2) is 4.79 Å². The van der Waals surface area contributed by atoms with E-state index >= 15 is 0 Å². The third-order valence-corrected chi connectivity index (χ3v) is 5.14. The summed E-state index contributed by atoms with van der Waals surface area (Å²) in [5.74, 6) is -1.67. The number of phenols is 1. The minimum Gasteiger partial charge on any atom is -0.507 e. The Morgan fingerprint density at radius 1 is 0.844 bits per heavy atom. The second-order valence-electron chi connectivity index (χ2n) is 7.19. The number of anilines is 1. The highest BCUT2D eigenvalue weighted by molar-refractivity contribution is 6.12. The summed E-state index contributed by atoms with van der Waals surface area (Å²) in [5, 5.41) is 31.2. The number of carboxylic acid groups (broad SMARTS) is 1. The number of aromatic hydroxyl groups is 1. The molecule has 0 fully saturated rings. The van der Waals surface area contributed by atoms with Crippen LogP contribution in [0.2, 0.25) is 0 Å². The van der Waals surface area contributed by atoms with E-state index in [1.165, 1.54) is 12.1 Å². The van der Waals surface area contributed by atoms with Gasteiger partial charge < -0.3 is 21.3 Å². The van der Waals surface area contributed by atoms with Crippen LogP contribution in [0.4, 0.5) is 5.69 Å². The zero-order valence-electron chi connectivity index (χ0n) is 16.8. The Bertz CT molecular complexity index is 1380. The Balaban J connectivity index is 1.79. The number of carbonyl (C=O) groups excluding carboxylic acids is 1. The van der Waals surface area contributed by atoms with Crippen molar-refractivity contribution >= 4 is 34.2 Å². The standard InChI is InChI=1S/C25H19N3O4/c26-23(27)14-8-10-16(11-9-14)28-24(30)18-6-2-1-5-17(18)20-12-15-4-3-7-22(29)19(15)13-21(20)25(31)32/h1-13,29H,(H3,26,27)(H,28,30)(H,31,32). The predicted octanol–water partition coefficient (Wildman–Crippen LogP) is 4.45. The summed E-state index contributed by atoms with van der Waals surface area (Å²) in [7, 11) is 0. The molecule has 0 aliphatic carbocycles. The third kappa shape index (κ3) is 3.87. The fourth-order valence-corrected chi connectivity index (χ4v) is 3.56. The van der Waals surface area contributed by atoms with E-state index < -0.39 is 11.9 Å². The number of aromatic carboxylic acids is 1. The monoisotopic (exact) mass is 425 g/mol. The van der Waals surface area contributed by atoms with E-state index in [0.29, 0.717) is 38.7 Å². The van der Waals surface area contributed by atoms with Gasteiger partial charge in [0, 0.05) is 22.2 Å². The Hall–Kier alpha value is -4.65. The Kier molecular flexibility index (Phi) is 5.30. The normalized spacial score (nSPS) is 10.6. The largest absolute Gasteiger partial charge is 0.507 e. The van der Waals surface area contributed by atoms with Crippen molar-refractivity contribution in [2.45, 2.75) is 0 Å². The molecule has 0 heterocycles. The van der Waals surface area contributed by atoms with Gasteiger partial charge in [-0.05, 0) is 65.0 Å². The molecule has 7 heteroatoms. The third-order valence-electron chi connectivity index (χ3n) is 5.14. The molecule has 1 amide bonds. The summed E-state index contributed by atoms with van der Waals surface area (Å²) in [6.45, 7) is 0. The molecule has 0 saturated heterocycles. The van der Waals surface area contributed by atoms with E-state index in [0.717, 1.165) is 0 Å². The van der Waals surface area contributed by atoms with Crippen molar-refractivity contribution in [1.82, 2.24) is 0 Å². The Morgan fingerprint density at radius 2 is 1.56 bits per heavy atom. The van der Waals surface area contributed by atoms with Gasteiger partial charge in [-0.1, -0.05) is 30.3 Å². The molecule has 0 aromatic heterocycles. The Morgan fingerprint density at radius 3 is 2.25 bits per heavy atom. The summed E-state index contributed by atoms with van der Waals surface area (Å²) < 4.78 is 0. The number of benzene rings is 4. The first kappa shape index (κ1) is 20.6. The molecular weight excluding hydrogens is 406 g/mol. The average Bonchev–Trinajstić information content (AvgIpc) is 2.79. The fourth-order valence-electron chi connectivity index (χ4n) is 3.56. The lowest BCUT2D eigenvalue weighted by Crippen LogP contribution is -2.14. The lowest BCUT2D eigenvalue weighted by Gasteiger charge is -2.14. The first-order valence-corrected chi connectivity index (χ1v) is 9.69. The molecule has 0 spiro atoms. The minimum atomic E-state index is -1.17. The number of carbonyl (C=O) groups is 2. The second-order valence-corrected chi connectivity index (χ2v) is 7.19. The molecular formula is C25H19N3O4. The number of nitrogens with two attached hydrogens (primary N) is 1. The van der Waals surface area contributed by atoms with Crippen LogP contribution in [0.1, 0.15) is 26.3 Å². The van der Waals surface area contributed by atoms with Crippen LogP contribution in [-0.2, 0) is 0 Å². The number of nitrogens with one attached hydrogen (secondary N) is 2. The molecule has 0 radical (unpaired) electrons. The van der Waals surface area contributed by atoms with Crippen molar-refractivity contribution < 1.29 is 19.8 Å². The average molecular weight is 425 g/mol. The van der Waals surface area contributed by atoms with Crippen LogP contribution in [0.5, 0.6) is 5.75 Å². The quantitative estimate of drug-likeness (QED) is 0.238. The zero-order valence-corrected chi connectivity index (χ0v) is 16.8. The van der Waals surface area contributed by atoms with Gasteiger partial charge in [-0.2, -0.15) is 0 Å². The van der Waals surface area contributed by atoms with Crippen molar-refractivity contribution in [2.75, 3.05) is 5.32 Å². The van der Waals surface area contributed by atoms with Crippen LogP contribution < -0.4 is 11.1 Å². The number of hydrogen-bond acceptors (Lipinski definition) is 4. The summed E-state index contributed by atoms with van der Waals surface area (Å²) in [5.41, 5.74) is 7.60. The fraction of sp³-hybridized carbons (Fsp3) is 0. The summed E-state index contributed by atoms with van der Waals surface area (Å²) in [6.07, 6.45) is 0.